The third-order valence-electron chi connectivity index (χ3n) is 6.73. The minimum absolute atomic E-state index is 0.00822. The van der Waals surface area contributed by atoms with Gasteiger partial charge in [-0.1, -0.05) is 48.5 Å². The Morgan fingerprint density at radius 2 is 1.74 bits per heavy atom. The molecule has 0 bridgehead atoms. The highest BCUT2D eigenvalue weighted by atomic mass is 16.7. The summed E-state index contributed by atoms with van der Waals surface area (Å²) in [6.45, 7) is 4.28. The summed E-state index contributed by atoms with van der Waals surface area (Å²) in [6, 6.07) is 15.0. The number of rotatable bonds is 10. The molecule has 0 aliphatic carbocycles. The highest BCUT2D eigenvalue weighted by Gasteiger charge is 2.34. The molecule has 0 aromatic heterocycles. The number of amides is 2. The Morgan fingerprint density at radius 1 is 1.03 bits per heavy atom. The first-order chi connectivity index (χ1) is 18.4. The van der Waals surface area contributed by atoms with E-state index in [-0.39, 0.29) is 38.1 Å². The lowest BCUT2D eigenvalue weighted by atomic mass is 9.99. The first-order valence-electron chi connectivity index (χ1n) is 13.1. The second-order valence-corrected chi connectivity index (χ2v) is 9.64. The Labute approximate surface area is 222 Å². The number of likely N-dealkylation sites (tertiary alicyclic amines) is 1. The predicted molar refractivity (Wildman–Crippen MR) is 139 cm³/mol. The van der Waals surface area contributed by atoms with E-state index in [1.165, 1.54) is 0 Å². The van der Waals surface area contributed by atoms with Gasteiger partial charge in [-0.05, 0) is 30.0 Å². The van der Waals surface area contributed by atoms with Crippen LogP contribution < -0.4 is 10.6 Å². The van der Waals surface area contributed by atoms with Crippen molar-refractivity contribution in [1.82, 2.24) is 15.5 Å². The molecule has 2 saturated heterocycles. The minimum atomic E-state index is -0.571. The van der Waals surface area contributed by atoms with Crippen molar-refractivity contribution in [3.8, 4) is 0 Å². The van der Waals surface area contributed by atoms with Crippen LogP contribution in [-0.4, -0.2) is 72.1 Å². The molecule has 38 heavy (non-hydrogen) atoms. The molecule has 0 saturated carbocycles. The van der Waals surface area contributed by atoms with Crippen molar-refractivity contribution in [2.24, 2.45) is 0 Å². The van der Waals surface area contributed by atoms with Gasteiger partial charge in [-0.3, -0.25) is 9.69 Å². The number of esters is 1. The zero-order valence-corrected chi connectivity index (χ0v) is 21.7. The van der Waals surface area contributed by atoms with Crippen LogP contribution in [0.15, 0.2) is 48.5 Å². The van der Waals surface area contributed by atoms with Gasteiger partial charge in [0.05, 0.1) is 31.5 Å². The van der Waals surface area contributed by atoms with Crippen molar-refractivity contribution in [3.05, 3.63) is 70.8 Å². The van der Waals surface area contributed by atoms with Gasteiger partial charge in [0.25, 0.3) is 0 Å². The van der Waals surface area contributed by atoms with Crippen LogP contribution in [0.3, 0.4) is 0 Å². The molecule has 2 amide bonds. The molecular formula is C28H37N3O7. The molecule has 10 nitrogen and oxygen atoms in total. The Balaban J connectivity index is 1.38. The second kappa shape index (κ2) is 13.7. The molecule has 2 fully saturated rings. The molecule has 2 aromatic rings. The van der Waals surface area contributed by atoms with E-state index in [4.69, 9.17) is 14.2 Å². The number of benzene rings is 2. The quantitative estimate of drug-likeness (QED) is 0.346. The first-order valence-corrected chi connectivity index (χ1v) is 13.1. The van der Waals surface area contributed by atoms with Crippen molar-refractivity contribution < 1.29 is 34.0 Å². The third-order valence-corrected chi connectivity index (χ3v) is 6.73. The highest BCUT2D eigenvalue weighted by Crippen LogP contribution is 2.38. The molecule has 4 atom stereocenters. The zero-order chi connectivity index (χ0) is 26.9. The number of aliphatic hydroxyl groups is 2. The Morgan fingerprint density at radius 3 is 2.39 bits per heavy atom. The predicted octanol–water partition coefficient (Wildman–Crippen LogP) is 2.15. The normalized spacial score (nSPS) is 23.7. The molecule has 0 spiro atoms. The number of hydrogen-bond donors (Lipinski definition) is 4. The number of hydrogen-bond acceptors (Lipinski definition) is 8. The van der Waals surface area contributed by atoms with Gasteiger partial charge in [-0.25, -0.2) is 4.79 Å². The molecule has 0 unspecified atom stereocenters. The number of nitrogens with zero attached hydrogens (tertiary/aromatic N) is 1. The summed E-state index contributed by atoms with van der Waals surface area (Å²) in [7, 11) is 0. The van der Waals surface area contributed by atoms with Crippen LogP contribution in [-0.2, 0) is 32.2 Å². The van der Waals surface area contributed by atoms with Gasteiger partial charge in [0, 0.05) is 38.2 Å². The zero-order valence-electron chi connectivity index (χ0n) is 21.7. The van der Waals surface area contributed by atoms with Gasteiger partial charge in [0.1, 0.15) is 6.54 Å². The molecule has 4 rings (SSSR count). The number of urea groups is 1. The van der Waals surface area contributed by atoms with E-state index < -0.39 is 18.3 Å². The first kappa shape index (κ1) is 28.0. The summed E-state index contributed by atoms with van der Waals surface area (Å²) in [6.07, 6.45) is 0.341. The van der Waals surface area contributed by atoms with Crippen LogP contribution in [0.4, 0.5) is 4.79 Å². The summed E-state index contributed by atoms with van der Waals surface area (Å²) in [5.74, 6) is -0.485. The van der Waals surface area contributed by atoms with Crippen LogP contribution in [0.1, 0.15) is 54.4 Å². The van der Waals surface area contributed by atoms with E-state index in [1.54, 1.807) is 6.92 Å². The van der Waals surface area contributed by atoms with Crippen molar-refractivity contribution in [2.75, 3.05) is 32.8 Å². The number of carbonyl (C=O) groups is 2. The fourth-order valence-electron chi connectivity index (χ4n) is 4.70. The average Bonchev–Trinajstić information content (AvgIpc) is 3.35. The van der Waals surface area contributed by atoms with Crippen LogP contribution >= 0.6 is 0 Å². The summed E-state index contributed by atoms with van der Waals surface area (Å²) in [5.41, 5.74) is 3.62. The van der Waals surface area contributed by atoms with Crippen molar-refractivity contribution in [2.45, 2.75) is 57.5 Å². The average molecular weight is 528 g/mol. The summed E-state index contributed by atoms with van der Waals surface area (Å²) >= 11 is 0. The Hall–Kier alpha value is -3.02. The van der Waals surface area contributed by atoms with Crippen molar-refractivity contribution >= 4 is 12.0 Å². The van der Waals surface area contributed by atoms with Crippen molar-refractivity contribution in [3.63, 3.8) is 0 Å². The maximum Gasteiger partial charge on any atom is 0.325 e. The second-order valence-electron chi connectivity index (χ2n) is 9.64. The molecule has 2 aliphatic heterocycles. The van der Waals surface area contributed by atoms with Gasteiger partial charge >= 0.3 is 12.0 Å². The van der Waals surface area contributed by atoms with E-state index in [2.05, 4.69) is 15.5 Å². The molecule has 2 heterocycles. The maximum atomic E-state index is 11.9. The molecule has 2 aliphatic rings. The topological polar surface area (TPSA) is 130 Å². The van der Waals surface area contributed by atoms with Gasteiger partial charge < -0.3 is 35.1 Å². The minimum Gasteiger partial charge on any atom is -0.465 e. The number of ether oxygens (including phenoxy) is 3. The lowest BCUT2D eigenvalue weighted by Gasteiger charge is -2.37. The van der Waals surface area contributed by atoms with Gasteiger partial charge in [0.15, 0.2) is 6.29 Å². The van der Waals surface area contributed by atoms with Gasteiger partial charge in [0.2, 0.25) is 0 Å². The smallest absolute Gasteiger partial charge is 0.325 e. The number of aliphatic hydroxyl groups excluding tert-OH is 2. The van der Waals surface area contributed by atoms with E-state index in [1.807, 2.05) is 48.5 Å². The van der Waals surface area contributed by atoms with E-state index in [0.717, 1.165) is 35.2 Å². The highest BCUT2D eigenvalue weighted by molar-refractivity contribution is 5.80. The Bertz CT molecular complexity index is 1050. The monoisotopic (exact) mass is 527 g/mol. The SMILES string of the molecule is CCOC(=O)CNC(=O)NCc1ccc([C@H]2O[C@@H](CN3CC[C@H](O)C3)C[C@@H](c3ccc(CO)cc3)O2)cc1. The molecule has 0 radical (unpaired) electrons. The molecular weight excluding hydrogens is 490 g/mol. The molecule has 206 valence electrons. The lowest BCUT2D eigenvalue weighted by molar-refractivity contribution is -0.252. The summed E-state index contributed by atoms with van der Waals surface area (Å²) in [4.78, 5) is 25.5. The maximum absolute atomic E-state index is 11.9. The van der Waals surface area contributed by atoms with Gasteiger partial charge in [-0.2, -0.15) is 0 Å². The van der Waals surface area contributed by atoms with Crippen LogP contribution in [0.25, 0.3) is 0 Å². The van der Waals surface area contributed by atoms with Crippen molar-refractivity contribution in [1.29, 1.82) is 0 Å². The van der Waals surface area contributed by atoms with Gasteiger partial charge in [-0.15, -0.1) is 0 Å². The fourth-order valence-corrected chi connectivity index (χ4v) is 4.70. The molecule has 2 aromatic carbocycles. The largest absolute Gasteiger partial charge is 0.465 e. The van der Waals surface area contributed by atoms with Crippen LogP contribution in [0.2, 0.25) is 0 Å². The van der Waals surface area contributed by atoms with E-state index in [0.29, 0.717) is 26.1 Å². The Kier molecular flexibility index (Phi) is 10.1. The number of carbonyl (C=O) groups excluding carboxylic acids is 2. The summed E-state index contributed by atoms with van der Waals surface area (Å²) < 4.78 is 17.5. The molecule has 4 N–H and O–H groups in total. The summed E-state index contributed by atoms with van der Waals surface area (Å²) in [5, 5.41) is 24.5. The molecule has 10 heteroatoms. The van der Waals surface area contributed by atoms with E-state index in [9.17, 15) is 19.8 Å². The lowest BCUT2D eigenvalue weighted by Crippen LogP contribution is -2.39. The number of β-amino-alcohol motifs (C(OH)–C–C–N with tert-alkyl or cyclic N) is 1. The number of nitrogens with one attached hydrogen (secondary N) is 2. The van der Waals surface area contributed by atoms with Crippen LogP contribution in [0, 0.1) is 0 Å². The fraction of sp³-hybridized carbons (Fsp3) is 0.500. The third kappa shape index (κ3) is 7.99. The standard InChI is InChI=1S/C28H37N3O7/c1-2-36-26(34)15-30-28(35)29-14-19-3-9-22(10-4-19)27-37-24(17-31-12-11-23(33)16-31)13-25(38-27)21-7-5-20(18-32)6-8-21/h3-10,23-25,27,32-33H,2,11-18H2,1H3,(H2,29,30,35)/t23-,24+,25-,27-/m0/s1. The van der Waals surface area contributed by atoms with Crippen LogP contribution in [0.5, 0.6) is 0 Å². The van der Waals surface area contributed by atoms with E-state index >= 15 is 0 Å².